The zero-order valence-corrected chi connectivity index (χ0v) is 20.4. The third kappa shape index (κ3) is 6.10. The van der Waals surface area contributed by atoms with Gasteiger partial charge in [0.25, 0.3) is 5.91 Å². The van der Waals surface area contributed by atoms with Crippen LogP contribution >= 0.6 is 0 Å². The second kappa shape index (κ2) is 10.0. The zero-order valence-electron chi connectivity index (χ0n) is 20.4. The van der Waals surface area contributed by atoms with Gasteiger partial charge in [0.2, 0.25) is 0 Å². The number of anilines is 1. The molecule has 0 saturated carbocycles. The van der Waals surface area contributed by atoms with E-state index in [1.54, 1.807) is 24.3 Å². The lowest BCUT2D eigenvalue weighted by Crippen LogP contribution is -2.32. The van der Waals surface area contributed by atoms with Crippen molar-refractivity contribution >= 4 is 17.4 Å². The van der Waals surface area contributed by atoms with Crippen molar-refractivity contribution in [2.24, 2.45) is 0 Å². The van der Waals surface area contributed by atoms with Gasteiger partial charge < -0.3 is 10.1 Å². The molecule has 0 aliphatic heterocycles. The number of nitrogens with one attached hydrogen (secondary N) is 1. The van der Waals surface area contributed by atoms with Crippen LogP contribution in [-0.4, -0.2) is 17.8 Å². The van der Waals surface area contributed by atoms with Gasteiger partial charge in [-0.15, -0.1) is 0 Å². The van der Waals surface area contributed by atoms with E-state index in [2.05, 4.69) is 26.1 Å². The molecule has 0 bridgehead atoms. The summed E-state index contributed by atoms with van der Waals surface area (Å²) in [5, 5.41) is 2.91. The highest BCUT2D eigenvalue weighted by atomic mass is 16.5. The van der Waals surface area contributed by atoms with Gasteiger partial charge in [0.15, 0.2) is 11.9 Å². The van der Waals surface area contributed by atoms with Gasteiger partial charge in [-0.05, 0) is 60.6 Å². The first kappa shape index (κ1) is 24.2. The van der Waals surface area contributed by atoms with E-state index < -0.39 is 6.10 Å². The van der Waals surface area contributed by atoms with E-state index >= 15 is 0 Å². The fourth-order valence-electron chi connectivity index (χ4n) is 3.56. The topological polar surface area (TPSA) is 55.4 Å². The molecule has 172 valence electrons. The average Bonchev–Trinajstić information content (AvgIpc) is 2.78. The summed E-state index contributed by atoms with van der Waals surface area (Å²) in [6.45, 7) is 12.3. The van der Waals surface area contributed by atoms with E-state index in [9.17, 15) is 9.59 Å². The average molecular weight is 444 g/mol. The lowest BCUT2D eigenvalue weighted by molar-refractivity contribution is -0.122. The van der Waals surface area contributed by atoms with Crippen LogP contribution in [0, 0.1) is 13.8 Å². The molecule has 1 atom stereocenters. The number of hydrogen-bond donors (Lipinski definition) is 1. The van der Waals surface area contributed by atoms with Crippen LogP contribution in [-0.2, 0) is 10.2 Å². The molecule has 0 unspecified atom stereocenters. The van der Waals surface area contributed by atoms with E-state index in [0.717, 1.165) is 11.1 Å². The monoisotopic (exact) mass is 443 g/mol. The fraction of sp³-hybridized carbons (Fsp3) is 0.310. The molecule has 0 saturated heterocycles. The molecule has 4 nitrogen and oxygen atoms in total. The Hall–Kier alpha value is -3.40. The molecule has 4 heteroatoms. The number of hydrogen-bond acceptors (Lipinski definition) is 3. The van der Waals surface area contributed by atoms with Gasteiger partial charge in [0.1, 0.15) is 5.75 Å². The summed E-state index contributed by atoms with van der Waals surface area (Å²) in [7, 11) is 0. The molecule has 0 aromatic heterocycles. The Balaban J connectivity index is 1.74. The first-order chi connectivity index (χ1) is 15.6. The van der Waals surface area contributed by atoms with E-state index in [1.165, 1.54) is 5.56 Å². The van der Waals surface area contributed by atoms with Gasteiger partial charge in [0, 0.05) is 16.8 Å². The largest absolute Gasteiger partial charge is 0.480 e. The molecule has 0 spiro atoms. The van der Waals surface area contributed by atoms with Crippen molar-refractivity contribution in [3.63, 3.8) is 0 Å². The highest BCUT2D eigenvalue weighted by molar-refractivity contribution is 6.09. The maximum absolute atomic E-state index is 13.0. The van der Waals surface area contributed by atoms with Crippen LogP contribution in [0.5, 0.6) is 5.75 Å². The van der Waals surface area contributed by atoms with Gasteiger partial charge in [-0.1, -0.05) is 76.2 Å². The third-order valence-electron chi connectivity index (χ3n) is 5.68. The highest BCUT2D eigenvalue weighted by Gasteiger charge is 2.20. The number of carbonyl (C=O) groups excluding carboxylic acids is 2. The van der Waals surface area contributed by atoms with Crippen molar-refractivity contribution < 1.29 is 14.3 Å². The van der Waals surface area contributed by atoms with Crippen LogP contribution in [0.1, 0.15) is 66.7 Å². The van der Waals surface area contributed by atoms with Crippen LogP contribution in [0.2, 0.25) is 0 Å². The molecule has 3 rings (SSSR count). The number of amides is 1. The molecular formula is C29H33NO3. The summed E-state index contributed by atoms with van der Waals surface area (Å²) in [5.74, 6) is 0.391. The zero-order chi connectivity index (χ0) is 24.2. The Morgan fingerprint density at radius 3 is 2.24 bits per heavy atom. The molecular weight excluding hydrogens is 410 g/mol. The van der Waals surface area contributed by atoms with E-state index in [0.29, 0.717) is 29.0 Å². The Morgan fingerprint density at radius 2 is 1.61 bits per heavy atom. The number of ketones is 1. The van der Waals surface area contributed by atoms with Crippen molar-refractivity contribution in [2.45, 2.75) is 59.5 Å². The molecule has 1 N–H and O–H groups in total. The minimum Gasteiger partial charge on any atom is -0.480 e. The first-order valence-electron chi connectivity index (χ1n) is 11.4. The van der Waals surface area contributed by atoms with Crippen LogP contribution in [0.15, 0.2) is 66.7 Å². The molecule has 0 fully saturated rings. The van der Waals surface area contributed by atoms with E-state index in [-0.39, 0.29) is 17.1 Å². The number of ether oxygens (including phenoxy) is 1. The predicted octanol–water partition coefficient (Wildman–Crippen LogP) is 6.63. The minimum absolute atomic E-state index is 0.0284. The van der Waals surface area contributed by atoms with Crippen molar-refractivity contribution in [1.29, 1.82) is 0 Å². The number of benzene rings is 3. The molecule has 3 aromatic rings. The summed E-state index contributed by atoms with van der Waals surface area (Å²) in [4.78, 5) is 25.9. The van der Waals surface area contributed by atoms with Crippen LogP contribution in [0.3, 0.4) is 0 Å². The Labute approximate surface area is 197 Å². The summed E-state index contributed by atoms with van der Waals surface area (Å²) in [5.41, 5.74) is 4.98. The normalized spacial score (nSPS) is 12.2. The van der Waals surface area contributed by atoms with Crippen molar-refractivity contribution in [2.75, 3.05) is 5.32 Å². The maximum Gasteiger partial charge on any atom is 0.265 e. The first-order valence-corrected chi connectivity index (χ1v) is 11.4. The minimum atomic E-state index is -0.630. The van der Waals surface area contributed by atoms with Crippen molar-refractivity contribution in [3.8, 4) is 5.75 Å². The summed E-state index contributed by atoms with van der Waals surface area (Å²) >= 11 is 0. The van der Waals surface area contributed by atoms with Gasteiger partial charge in [-0.25, -0.2) is 0 Å². The summed E-state index contributed by atoms with van der Waals surface area (Å²) in [6.07, 6.45) is -0.104. The highest BCUT2D eigenvalue weighted by Crippen LogP contribution is 2.24. The quantitative estimate of drug-likeness (QED) is 0.417. The lowest BCUT2D eigenvalue weighted by Gasteiger charge is -2.19. The molecule has 33 heavy (non-hydrogen) atoms. The van der Waals surface area contributed by atoms with Crippen molar-refractivity contribution in [3.05, 3.63) is 94.5 Å². The fourth-order valence-corrected chi connectivity index (χ4v) is 3.56. The standard InChI is InChI=1S/C29H33NO3/c1-7-25(33-26-17-19(2)11-12-20(26)3)28(32)30-24-10-8-9-22(18-24)27(31)21-13-15-23(16-14-21)29(4,5)6/h8-18,25H,7H2,1-6H3,(H,30,32)/t25-/m0/s1. The summed E-state index contributed by atoms with van der Waals surface area (Å²) in [6, 6.07) is 20.7. The molecule has 0 heterocycles. The smallest absolute Gasteiger partial charge is 0.265 e. The Morgan fingerprint density at radius 1 is 0.909 bits per heavy atom. The molecule has 0 radical (unpaired) electrons. The van der Waals surface area contributed by atoms with Crippen LogP contribution in [0.25, 0.3) is 0 Å². The third-order valence-corrected chi connectivity index (χ3v) is 5.68. The molecule has 3 aromatic carbocycles. The van der Waals surface area contributed by atoms with Gasteiger partial charge >= 0.3 is 0 Å². The van der Waals surface area contributed by atoms with Crippen LogP contribution < -0.4 is 10.1 Å². The number of rotatable bonds is 7. The van der Waals surface area contributed by atoms with Crippen LogP contribution in [0.4, 0.5) is 5.69 Å². The SMILES string of the molecule is CC[C@H](Oc1cc(C)ccc1C)C(=O)Nc1cccc(C(=O)c2ccc(C(C)(C)C)cc2)c1. The molecule has 0 aliphatic carbocycles. The van der Waals surface area contributed by atoms with Gasteiger partial charge in [-0.3, -0.25) is 9.59 Å². The van der Waals surface area contributed by atoms with E-state index in [1.807, 2.05) is 63.2 Å². The molecule has 0 aliphatic rings. The second-order valence-corrected chi connectivity index (χ2v) is 9.51. The van der Waals surface area contributed by atoms with Crippen molar-refractivity contribution in [1.82, 2.24) is 0 Å². The lowest BCUT2D eigenvalue weighted by atomic mass is 9.86. The second-order valence-electron chi connectivity index (χ2n) is 9.51. The van der Waals surface area contributed by atoms with Gasteiger partial charge in [0.05, 0.1) is 0 Å². The predicted molar refractivity (Wildman–Crippen MR) is 134 cm³/mol. The maximum atomic E-state index is 13.0. The Kier molecular flexibility index (Phi) is 7.37. The molecule has 1 amide bonds. The Bertz CT molecular complexity index is 1140. The number of carbonyl (C=O) groups is 2. The number of aryl methyl sites for hydroxylation is 2. The van der Waals surface area contributed by atoms with Gasteiger partial charge in [-0.2, -0.15) is 0 Å². The van der Waals surface area contributed by atoms with E-state index in [4.69, 9.17) is 4.74 Å². The summed E-state index contributed by atoms with van der Waals surface area (Å²) < 4.78 is 6.02.